The van der Waals surface area contributed by atoms with Gasteiger partial charge in [0.25, 0.3) is 5.91 Å². The zero-order valence-corrected chi connectivity index (χ0v) is 15.9. The molecule has 0 spiro atoms. The van der Waals surface area contributed by atoms with Gasteiger partial charge in [-0.2, -0.15) is 0 Å². The Bertz CT molecular complexity index is 960. The van der Waals surface area contributed by atoms with Crippen molar-refractivity contribution in [2.75, 3.05) is 41.3 Å². The normalized spacial score (nSPS) is 14.0. The molecule has 1 saturated heterocycles. The predicted molar refractivity (Wildman–Crippen MR) is 110 cm³/mol. The first kappa shape index (κ1) is 18.2. The number of nitrogens with one attached hydrogen (secondary N) is 1. The maximum atomic E-state index is 12.6. The van der Waals surface area contributed by atoms with Crippen molar-refractivity contribution in [2.24, 2.45) is 0 Å². The van der Waals surface area contributed by atoms with Crippen LogP contribution in [-0.4, -0.2) is 47.0 Å². The van der Waals surface area contributed by atoms with Gasteiger partial charge in [0.2, 0.25) is 5.95 Å². The third-order valence-corrected chi connectivity index (χ3v) is 4.91. The maximum absolute atomic E-state index is 12.6. The Balaban J connectivity index is 1.43. The summed E-state index contributed by atoms with van der Waals surface area (Å²) in [7, 11) is 0. The summed E-state index contributed by atoms with van der Waals surface area (Å²) in [6.45, 7) is 3.25. The molecule has 8 heteroatoms. The van der Waals surface area contributed by atoms with Crippen LogP contribution in [0, 0.1) is 0 Å². The number of carbonyl (C=O) groups excluding carboxylic acids is 1. The van der Waals surface area contributed by atoms with Crippen LogP contribution < -0.4 is 15.1 Å². The highest BCUT2D eigenvalue weighted by molar-refractivity contribution is 6.33. The minimum atomic E-state index is -0.286. The number of hydrogen-bond donors (Lipinski definition) is 1. The van der Waals surface area contributed by atoms with Gasteiger partial charge in [0.05, 0.1) is 10.7 Å². The number of rotatable bonds is 4. The topological polar surface area (TPSA) is 74.2 Å². The summed E-state index contributed by atoms with van der Waals surface area (Å²) in [5.74, 6) is 0.461. The van der Waals surface area contributed by atoms with E-state index in [4.69, 9.17) is 11.6 Å². The fraction of sp³-hybridized carbons (Fsp3) is 0.200. The highest BCUT2D eigenvalue weighted by Crippen LogP contribution is 2.22. The van der Waals surface area contributed by atoms with Crippen LogP contribution in [0.5, 0.6) is 0 Å². The number of amides is 1. The number of hydrogen-bond acceptors (Lipinski definition) is 6. The summed E-state index contributed by atoms with van der Waals surface area (Å²) >= 11 is 6.11. The molecule has 142 valence electrons. The molecule has 3 aromatic rings. The Kier molecular flexibility index (Phi) is 5.34. The SMILES string of the molecule is O=C(Nc1ccccc1Cl)c1cc(N2CCN(c3ncccn3)CC2)ccn1. The molecule has 1 fully saturated rings. The highest BCUT2D eigenvalue weighted by Gasteiger charge is 2.20. The van der Waals surface area contributed by atoms with Crippen molar-refractivity contribution >= 4 is 34.8 Å². The number of anilines is 3. The summed E-state index contributed by atoms with van der Waals surface area (Å²) in [6.07, 6.45) is 5.16. The quantitative estimate of drug-likeness (QED) is 0.733. The van der Waals surface area contributed by atoms with Crippen molar-refractivity contribution in [1.29, 1.82) is 0 Å². The lowest BCUT2D eigenvalue weighted by atomic mass is 10.2. The second kappa shape index (κ2) is 8.22. The number of aromatic nitrogens is 3. The molecule has 0 atom stereocenters. The molecule has 7 nitrogen and oxygen atoms in total. The molecule has 3 heterocycles. The van der Waals surface area contributed by atoms with Crippen LogP contribution in [0.25, 0.3) is 0 Å². The molecule has 0 aliphatic carbocycles. The predicted octanol–water partition coefficient (Wildman–Crippen LogP) is 3.10. The molecule has 1 N–H and O–H groups in total. The van der Waals surface area contributed by atoms with Crippen molar-refractivity contribution < 1.29 is 4.79 Å². The van der Waals surface area contributed by atoms with Gasteiger partial charge in [0.1, 0.15) is 5.69 Å². The zero-order valence-electron chi connectivity index (χ0n) is 15.1. The van der Waals surface area contributed by atoms with Crippen molar-refractivity contribution in [1.82, 2.24) is 15.0 Å². The fourth-order valence-corrected chi connectivity index (χ4v) is 3.29. The Labute approximate surface area is 168 Å². The first-order chi connectivity index (χ1) is 13.7. The fourth-order valence-electron chi connectivity index (χ4n) is 3.11. The summed E-state index contributed by atoms with van der Waals surface area (Å²) in [4.78, 5) is 29.8. The molecule has 1 aliphatic heterocycles. The number of halogens is 1. The second-order valence-electron chi connectivity index (χ2n) is 6.36. The molecule has 0 unspecified atom stereocenters. The average Bonchev–Trinajstić information content (AvgIpc) is 2.76. The largest absolute Gasteiger partial charge is 0.368 e. The molecule has 0 bridgehead atoms. The number of piperazine rings is 1. The Morgan fingerprint density at radius 2 is 1.61 bits per heavy atom. The van der Waals surface area contributed by atoms with Crippen LogP contribution in [0.4, 0.5) is 17.3 Å². The van der Waals surface area contributed by atoms with Gasteiger partial charge in [-0.05, 0) is 30.3 Å². The van der Waals surface area contributed by atoms with E-state index in [9.17, 15) is 4.79 Å². The third kappa shape index (κ3) is 4.04. The first-order valence-electron chi connectivity index (χ1n) is 8.99. The van der Waals surface area contributed by atoms with Crippen molar-refractivity contribution in [3.05, 3.63) is 71.8 Å². The molecular formula is C20H19ClN6O. The van der Waals surface area contributed by atoms with Crippen LogP contribution in [0.1, 0.15) is 10.5 Å². The molecular weight excluding hydrogens is 376 g/mol. The van der Waals surface area contributed by atoms with E-state index >= 15 is 0 Å². The van der Waals surface area contributed by atoms with E-state index < -0.39 is 0 Å². The van der Waals surface area contributed by atoms with Gasteiger partial charge in [-0.3, -0.25) is 9.78 Å². The minimum Gasteiger partial charge on any atom is -0.368 e. The molecule has 1 amide bonds. The molecule has 1 aliphatic rings. The van der Waals surface area contributed by atoms with E-state index in [1.807, 2.05) is 24.3 Å². The van der Waals surface area contributed by atoms with Crippen LogP contribution >= 0.6 is 11.6 Å². The van der Waals surface area contributed by atoms with Crippen LogP contribution in [0.15, 0.2) is 61.1 Å². The van der Waals surface area contributed by atoms with Crippen molar-refractivity contribution in [2.45, 2.75) is 0 Å². The van der Waals surface area contributed by atoms with E-state index in [-0.39, 0.29) is 5.91 Å². The number of benzene rings is 1. The van der Waals surface area contributed by atoms with Gasteiger partial charge in [-0.1, -0.05) is 23.7 Å². The van der Waals surface area contributed by atoms with Crippen molar-refractivity contribution in [3.8, 4) is 0 Å². The Hall–Kier alpha value is -3.19. The van der Waals surface area contributed by atoms with E-state index in [2.05, 4.69) is 30.1 Å². The average molecular weight is 395 g/mol. The molecule has 28 heavy (non-hydrogen) atoms. The van der Waals surface area contributed by atoms with Gasteiger partial charge >= 0.3 is 0 Å². The van der Waals surface area contributed by atoms with Gasteiger partial charge in [0, 0.05) is 50.5 Å². The minimum absolute atomic E-state index is 0.286. The summed E-state index contributed by atoms with van der Waals surface area (Å²) in [5.41, 5.74) is 1.89. The van der Waals surface area contributed by atoms with E-state index in [0.717, 1.165) is 37.8 Å². The smallest absolute Gasteiger partial charge is 0.274 e. The van der Waals surface area contributed by atoms with Gasteiger partial charge in [0.15, 0.2) is 0 Å². The molecule has 2 aromatic heterocycles. The standard InChI is InChI=1S/C20H19ClN6O/c21-16-4-1-2-5-17(16)25-19(28)18-14-15(6-9-22-18)26-10-12-27(13-11-26)20-23-7-3-8-24-20/h1-9,14H,10-13H2,(H,25,28). The lowest BCUT2D eigenvalue weighted by Crippen LogP contribution is -2.47. The lowest BCUT2D eigenvalue weighted by Gasteiger charge is -2.36. The lowest BCUT2D eigenvalue weighted by molar-refractivity contribution is 0.102. The molecule has 1 aromatic carbocycles. The molecule has 0 radical (unpaired) electrons. The van der Waals surface area contributed by atoms with E-state index in [1.165, 1.54) is 0 Å². The zero-order chi connectivity index (χ0) is 19.3. The summed E-state index contributed by atoms with van der Waals surface area (Å²) < 4.78 is 0. The van der Waals surface area contributed by atoms with Crippen LogP contribution in [0.3, 0.4) is 0 Å². The van der Waals surface area contributed by atoms with Crippen molar-refractivity contribution in [3.63, 3.8) is 0 Å². The monoisotopic (exact) mass is 394 g/mol. The summed E-state index contributed by atoms with van der Waals surface area (Å²) in [6, 6.07) is 12.7. The van der Waals surface area contributed by atoms with Crippen LogP contribution in [-0.2, 0) is 0 Å². The number of para-hydroxylation sites is 1. The van der Waals surface area contributed by atoms with Gasteiger partial charge in [-0.15, -0.1) is 0 Å². The number of nitrogens with zero attached hydrogens (tertiary/aromatic N) is 5. The Morgan fingerprint density at radius 1 is 0.893 bits per heavy atom. The third-order valence-electron chi connectivity index (χ3n) is 4.58. The van der Waals surface area contributed by atoms with E-state index in [0.29, 0.717) is 16.4 Å². The number of pyridine rings is 1. The van der Waals surface area contributed by atoms with Gasteiger partial charge < -0.3 is 15.1 Å². The van der Waals surface area contributed by atoms with Gasteiger partial charge in [-0.25, -0.2) is 9.97 Å². The summed E-state index contributed by atoms with van der Waals surface area (Å²) in [5, 5.41) is 3.30. The molecule has 4 rings (SSSR count). The van der Waals surface area contributed by atoms with Crippen LogP contribution in [0.2, 0.25) is 5.02 Å². The first-order valence-corrected chi connectivity index (χ1v) is 9.37. The van der Waals surface area contributed by atoms with E-state index in [1.54, 1.807) is 36.8 Å². The maximum Gasteiger partial charge on any atom is 0.274 e. The molecule has 0 saturated carbocycles. The number of carbonyl (C=O) groups is 1. The Morgan fingerprint density at radius 3 is 2.36 bits per heavy atom. The highest BCUT2D eigenvalue weighted by atomic mass is 35.5. The second-order valence-corrected chi connectivity index (χ2v) is 6.76.